The largest absolute Gasteiger partial charge is 0.311 e. The number of hydrogen-bond donors (Lipinski definition) is 1. The molecular formula is C20H23N. The number of aryl methyl sites for hydroxylation is 1. The van der Waals surface area contributed by atoms with Crippen molar-refractivity contribution in [1.82, 2.24) is 5.32 Å². The molecule has 0 bridgehead atoms. The van der Waals surface area contributed by atoms with Gasteiger partial charge in [0.2, 0.25) is 0 Å². The highest BCUT2D eigenvalue weighted by Gasteiger charge is 2.33. The lowest BCUT2D eigenvalue weighted by atomic mass is 9.75. The molecule has 21 heavy (non-hydrogen) atoms. The summed E-state index contributed by atoms with van der Waals surface area (Å²) in [5, 5.41) is 3.88. The van der Waals surface area contributed by atoms with Crippen LogP contribution in [0.4, 0.5) is 0 Å². The molecule has 2 aromatic carbocycles. The van der Waals surface area contributed by atoms with Crippen molar-refractivity contribution in [2.75, 3.05) is 0 Å². The van der Waals surface area contributed by atoms with E-state index < -0.39 is 0 Å². The molecule has 0 heterocycles. The molecule has 1 fully saturated rings. The van der Waals surface area contributed by atoms with Crippen LogP contribution in [0.25, 0.3) is 0 Å². The van der Waals surface area contributed by atoms with Gasteiger partial charge < -0.3 is 5.32 Å². The zero-order valence-corrected chi connectivity index (χ0v) is 12.7. The van der Waals surface area contributed by atoms with E-state index in [0.717, 1.165) is 12.0 Å². The Morgan fingerprint density at radius 1 is 0.857 bits per heavy atom. The van der Waals surface area contributed by atoms with Crippen LogP contribution in [0.2, 0.25) is 0 Å². The van der Waals surface area contributed by atoms with Crippen molar-refractivity contribution < 1.29 is 0 Å². The van der Waals surface area contributed by atoms with Crippen LogP contribution in [0.1, 0.15) is 41.0 Å². The van der Waals surface area contributed by atoms with Gasteiger partial charge in [-0.25, -0.2) is 0 Å². The maximum atomic E-state index is 3.88. The molecule has 2 aromatic rings. The minimum atomic E-state index is 0.658. The summed E-state index contributed by atoms with van der Waals surface area (Å²) in [5.74, 6) is 0.770. The average Bonchev–Trinajstić information content (AvgIpc) is 2.84. The third-order valence-electron chi connectivity index (χ3n) is 5.17. The molecule has 0 saturated heterocycles. The highest BCUT2D eigenvalue weighted by atomic mass is 15.0. The lowest BCUT2D eigenvalue weighted by Gasteiger charge is -2.38. The fourth-order valence-electron chi connectivity index (χ4n) is 3.96. The lowest BCUT2D eigenvalue weighted by Crippen LogP contribution is -2.45. The monoisotopic (exact) mass is 277 g/mol. The second-order valence-electron chi connectivity index (χ2n) is 6.82. The molecule has 0 radical (unpaired) electrons. The summed E-state index contributed by atoms with van der Waals surface area (Å²) in [5.41, 5.74) is 6.01. The molecule has 108 valence electrons. The minimum Gasteiger partial charge on any atom is -0.311 e. The van der Waals surface area contributed by atoms with Gasteiger partial charge in [0.25, 0.3) is 0 Å². The summed E-state index contributed by atoms with van der Waals surface area (Å²) in [6.07, 6.45) is 5.02. The molecular weight excluding hydrogens is 254 g/mol. The van der Waals surface area contributed by atoms with Crippen molar-refractivity contribution >= 4 is 0 Å². The van der Waals surface area contributed by atoms with Gasteiger partial charge in [0.05, 0.1) is 0 Å². The minimum absolute atomic E-state index is 0.658. The Morgan fingerprint density at radius 2 is 1.57 bits per heavy atom. The van der Waals surface area contributed by atoms with E-state index in [1.165, 1.54) is 36.8 Å². The van der Waals surface area contributed by atoms with E-state index >= 15 is 0 Å². The van der Waals surface area contributed by atoms with Crippen molar-refractivity contribution in [2.24, 2.45) is 0 Å². The van der Waals surface area contributed by atoms with Crippen LogP contribution in [0.3, 0.4) is 0 Å². The molecule has 0 aromatic heterocycles. The maximum Gasteiger partial charge on any atom is 0.0151 e. The first-order valence-corrected chi connectivity index (χ1v) is 8.17. The molecule has 0 atom stereocenters. The smallest absolute Gasteiger partial charge is 0.0151 e. The van der Waals surface area contributed by atoms with E-state index in [9.17, 15) is 0 Å². The number of hydrogen-bond acceptors (Lipinski definition) is 1. The second-order valence-corrected chi connectivity index (χ2v) is 6.82. The fraction of sp³-hybridized carbons (Fsp3) is 0.400. The Kier molecular flexibility index (Phi) is 3.31. The molecule has 0 aliphatic heterocycles. The summed E-state index contributed by atoms with van der Waals surface area (Å²) in [6.45, 7) is 2.19. The molecule has 2 aliphatic rings. The summed E-state index contributed by atoms with van der Waals surface area (Å²) >= 11 is 0. The molecule has 4 rings (SSSR count). The summed E-state index contributed by atoms with van der Waals surface area (Å²) in [6, 6.07) is 19.3. The summed E-state index contributed by atoms with van der Waals surface area (Å²) in [4.78, 5) is 0. The van der Waals surface area contributed by atoms with Crippen LogP contribution in [-0.4, -0.2) is 12.1 Å². The van der Waals surface area contributed by atoms with Gasteiger partial charge in [-0.15, -0.1) is 0 Å². The van der Waals surface area contributed by atoms with E-state index in [0.29, 0.717) is 6.04 Å². The first kappa shape index (κ1) is 13.1. The van der Waals surface area contributed by atoms with Crippen LogP contribution in [0.15, 0.2) is 48.5 Å². The molecule has 0 unspecified atom stereocenters. The van der Waals surface area contributed by atoms with Crippen LogP contribution in [-0.2, 0) is 12.8 Å². The topological polar surface area (TPSA) is 12.0 Å². The van der Waals surface area contributed by atoms with E-state index in [1.54, 1.807) is 11.1 Å². The van der Waals surface area contributed by atoms with Crippen molar-refractivity contribution in [1.29, 1.82) is 0 Å². The van der Waals surface area contributed by atoms with E-state index in [-0.39, 0.29) is 0 Å². The lowest BCUT2D eigenvalue weighted by molar-refractivity contribution is 0.266. The van der Waals surface area contributed by atoms with Crippen molar-refractivity contribution in [2.45, 2.75) is 50.6 Å². The Morgan fingerprint density at radius 3 is 2.24 bits per heavy atom. The zero-order valence-electron chi connectivity index (χ0n) is 12.7. The van der Waals surface area contributed by atoms with Gasteiger partial charge in [0.15, 0.2) is 0 Å². The quantitative estimate of drug-likeness (QED) is 0.894. The molecule has 1 nitrogen and oxygen atoms in total. The fourth-order valence-corrected chi connectivity index (χ4v) is 3.96. The average molecular weight is 277 g/mol. The molecule has 1 heteroatoms. The number of fused-ring (bicyclic) bond motifs is 1. The van der Waals surface area contributed by atoms with Gasteiger partial charge in [-0.3, -0.25) is 0 Å². The zero-order chi connectivity index (χ0) is 14.2. The molecule has 0 amide bonds. The Hall–Kier alpha value is -1.60. The number of rotatable bonds is 3. The van der Waals surface area contributed by atoms with Gasteiger partial charge in [-0.2, -0.15) is 0 Å². The molecule has 1 N–H and O–H groups in total. The third kappa shape index (κ3) is 2.63. The van der Waals surface area contributed by atoms with Crippen molar-refractivity contribution in [3.8, 4) is 0 Å². The van der Waals surface area contributed by atoms with Crippen LogP contribution in [0.5, 0.6) is 0 Å². The third-order valence-corrected chi connectivity index (χ3v) is 5.17. The molecule has 1 saturated carbocycles. The summed E-state index contributed by atoms with van der Waals surface area (Å²) in [7, 11) is 0. The van der Waals surface area contributed by atoms with Crippen LogP contribution in [0, 0.1) is 6.92 Å². The number of nitrogens with one attached hydrogen (secondary N) is 1. The normalized spacial score (nSPS) is 24.6. The SMILES string of the molecule is Cc1cccc(C2CC(NC3Cc4ccccc4C3)C2)c1. The van der Waals surface area contributed by atoms with Gasteiger partial charge in [0.1, 0.15) is 0 Å². The maximum absolute atomic E-state index is 3.88. The Balaban J connectivity index is 1.32. The van der Waals surface area contributed by atoms with Gasteiger partial charge >= 0.3 is 0 Å². The number of benzene rings is 2. The standard InChI is InChI=1S/C20H23N/c1-14-5-4-8-15(9-14)18-12-20(13-18)21-19-10-16-6-2-3-7-17(16)11-19/h2-9,18-21H,10-13H2,1H3. The Labute approximate surface area is 127 Å². The van der Waals surface area contributed by atoms with Crippen LogP contribution < -0.4 is 5.32 Å². The molecule has 2 aliphatic carbocycles. The van der Waals surface area contributed by atoms with E-state index in [1.807, 2.05) is 0 Å². The second kappa shape index (κ2) is 5.31. The highest BCUT2D eigenvalue weighted by molar-refractivity contribution is 5.33. The van der Waals surface area contributed by atoms with Gasteiger partial charge in [0, 0.05) is 12.1 Å². The van der Waals surface area contributed by atoms with E-state index in [2.05, 4.69) is 60.8 Å². The van der Waals surface area contributed by atoms with Gasteiger partial charge in [-0.1, -0.05) is 54.1 Å². The predicted molar refractivity (Wildman–Crippen MR) is 87.7 cm³/mol. The van der Waals surface area contributed by atoms with Crippen LogP contribution >= 0.6 is 0 Å². The Bertz CT molecular complexity index is 615. The molecule has 0 spiro atoms. The predicted octanol–water partition coefficient (Wildman–Crippen LogP) is 4.00. The summed E-state index contributed by atoms with van der Waals surface area (Å²) < 4.78 is 0. The highest BCUT2D eigenvalue weighted by Crippen LogP contribution is 2.38. The van der Waals surface area contributed by atoms with E-state index in [4.69, 9.17) is 0 Å². The first-order valence-electron chi connectivity index (χ1n) is 8.17. The first-order chi connectivity index (χ1) is 10.3. The van der Waals surface area contributed by atoms with Crippen molar-refractivity contribution in [3.05, 3.63) is 70.8 Å². The van der Waals surface area contributed by atoms with Crippen molar-refractivity contribution in [3.63, 3.8) is 0 Å². The van der Waals surface area contributed by atoms with Gasteiger partial charge in [-0.05, 0) is 55.2 Å².